The summed E-state index contributed by atoms with van der Waals surface area (Å²) in [6.07, 6.45) is 15.8. The maximum atomic E-state index is 4.09. The van der Waals surface area contributed by atoms with Crippen molar-refractivity contribution in [2.75, 3.05) is 19.6 Å². The van der Waals surface area contributed by atoms with Crippen LogP contribution in [0.25, 0.3) is 0 Å². The maximum Gasteiger partial charge on any atom is 0.0555 e. The van der Waals surface area contributed by atoms with Gasteiger partial charge in [0.1, 0.15) is 0 Å². The molecule has 0 N–H and O–H groups in total. The van der Waals surface area contributed by atoms with E-state index in [1.54, 1.807) is 11.3 Å². The number of likely N-dealkylation sites (tertiary alicyclic amines) is 1. The molecule has 0 saturated carbocycles. The van der Waals surface area contributed by atoms with Gasteiger partial charge in [-0.2, -0.15) is 0 Å². The van der Waals surface area contributed by atoms with Gasteiger partial charge in [-0.3, -0.25) is 0 Å². The molecule has 2 atom stereocenters. The number of hydrogen-bond donors (Lipinski definition) is 0. The zero-order valence-corrected chi connectivity index (χ0v) is 15.6. The summed E-state index contributed by atoms with van der Waals surface area (Å²) in [5.41, 5.74) is 5.47. The van der Waals surface area contributed by atoms with Gasteiger partial charge >= 0.3 is 0 Å². The largest absolute Gasteiger partial charge is 0.374 e. The van der Waals surface area contributed by atoms with Gasteiger partial charge in [0.25, 0.3) is 0 Å². The monoisotopic (exact) mass is 336 g/mol. The summed E-state index contributed by atoms with van der Waals surface area (Å²) in [5.74, 6) is 0.754. The van der Waals surface area contributed by atoms with Crippen LogP contribution in [0.4, 0.5) is 0 Å². The Morgan fingerprint density at radius 1 is 1.04 bits per heavy atom. The molecule has 1 saturated heterocycles. The van der Waals surface area contributed by atoms with E-state index in [9.17, 15) is 0 Å². The Bertz CT molecular complexity index is 622. The lowest BCUT2D eigenvalue weighted by molar-refractivity contribution is 0.195. The average Bonchev–Trinajstić information content (AvgIpc) is 3.07. The van der Waals surface area contributed by atoms with Crippen LogP contribution in [0.2, 0.25) is 0 Å². The van der Waals surface area contributed by atoms with Gasteiger partial charge in [-0.1, -0.05) is 49.6 Å². The molecular formula is C23H32N2. The normalized spacial score (nSPS) is 24.8. The van der Waals surface area contributed by atoms with Gasteiger partial charge in [-0.05, 0) is 56.1 Å². The maximum absolute atomic E-state index is 4.09. The van der Waals surface area contributed by atoms with E-state index in [1.165, 1.54) is 32.2 Å². The van der Waals surface area contributed by atoms with Crippen LogP contribution >= 0.6 is 0 Å². The summed E-state index contributed by atoms with van der Waals surface area (Å²) in [4.78, 5) is 5.16. The molecule has 2 unspecified atom stereocenters. The minimum Gasteiger partial charge on any atom is -0.374 e. The minimum atomic E-state index is 0.562. The molecule has 134 valence electrons. The standard InChI is InChI=1S/C23H32N2/c1-5-18(3)11-15-24-17-13-21-22(24)10-9-20-8-7-14-25(23(20)21)16-12-19(4)6-2/h5-6,13,17,20,22H,1-4,7-12,14-16H2. The molecule has 2 aliphatic heterocycles. The van der Waals surface area contributed by atoms with E-state index in [0.717, 1.165) is 43.0 Å². The van der Waals surface area contributed by atoms with Crippen LogP contribution in [-0.2, 0) is 0 Å². The van der Waals surface area contributed by atoms with E-state index < -0.39 is 0 Å². The van der Waals surface area contributed by atoms with Crippen molar-refractivity contribution in [2.24, 2.45) is 5.92 Å². The van der Waals surface area contributed by atoms with E-state index in [-0.39, 0.29) is 0 Å². The van der Waals surface area contributed by atoms with Crippen LogP contribution in [0.3, 0.4) is 0 Å². The number of fused-ring (bicyclic) bond motifs is 2. The summed E-state index contributed by atoms with van der Waals surface area (Å²) in [7, 11) is 0. The van der Waals surface area contributed by atoms with Crippen LogP contribution < -0.4 is 0 Å². The summed E-state index contributed by atoms with van der Waals surface area (Å²) in [5, 5.41) is 0. The zero-order chi connectivity index (χ0) is 17.8. The lowest BCUT2D eigenvalue weighted by atomic mass is 9.79. The minimum absolute atomic E-state index is 0.562. The third-order valence-corrected chi connectivity index (χ3v) is 5.97. The molecule has 1 aliphatic carbocycles. The highest BCUT2D eigenvalue weighted by molar-refractivity contribution is 5.39. The highest BCUT2D eigenvalue weighted by atomic mass is 15.2. The van der Waals surface area contributed by atoms with Gasteiger partial charge in [0.05, 0.1) is 6.04 Å². The van der Waals surface area contributed by atoms with E-state index in [0.29, 0.717) is 6.04 Å². The first-order chi connectivity index (χ1) is 12.1. The second kappa shape index (κ2) is 7.95. The Balaban J connectivity index is 1.75. The number of piperidine rings is 1. The predicted octanol–water partition coefficient (Wildman–Crippen LogP) is 5.21. The van der Waals surface area contributed by atoms with Crippen LogP contribution in [0.15, 0.2) is 73.2 Å². The van der Waals surface area contributed by atoms with E-state index >= 15 is 0 Å². The lowest BCUT2D eigenvalue weighted by Gasteiger charge is -2.44. The molecule has 0 radical (unpaired) electrons. The Kier molecular flexibility index (Phi) is 5.67. The first-order valence-electron chi connectivity index (χ1n) is 9.67. The number of allylic oxidation sites excluding steroid dienone is 3. The molecule has 0 amide bonds. The van der Waals surface area contributed by atoms with Gasteiger partial charge in [-0.15, -0.1) is 0 Å². The average molecular weight is 337 g/mol. The fourth-order valence-corrected chi connectivity index (χ4v) is 4.47. The third-order valence-electron chi connectivity index (χ3n) is 5.97. The van der Waals surface area contributed by atoms with Gasteiger partial charge < -0.3 is 9.80 Å². The van der Waals surface area contributed by atoms with Crippen molar-refractivity contribution in [2.45, 2.75) is 44.6 Å². The van der Waals surface area contributed by atoms with Crippen molar-refractivity contribution in [3.8, 4) is 0 Å². The first kappa shape index (κ1) is 17.8. The molecular weight excluding hydrogens is 304 g/mol. The van der Waals surface area contributed by atoms with Gasteiger partial charge in [0, 0.05) is 31.5 Å². The highest BCUT2D eigenvalue weighted by Crippen LogP contribution is 2.43. The van der Waals surface area contributed by atoms with E-state index in [2.05, 4.69) is 48.4 Å². The van der Waals surface area contributed by atoms with Crippen LogP contribution in [-0.4, -0.2) is 35.5 Å². The second-order valence-electron chi connectivity index (χ2n) is 7.54. The van der Waals surface area contributed by atoms with Gasteiger partial charge in [0.2, 0.25) is 0 Å². The highest BCUT2D eigenvalue weighted by Gasteiger charge is 2.37. The molecule has 3 rings (SSSR count). The zero-order valence-electron chi connectivity index (χ0n) is 15.6. The van der Waals surface area contributed by atoms with Crippen molar-refractivity contribution in [1.29, 1.82) is 0 Å². The lowest BCUT2D eigenvalue weighted by Crippen LogP contribution is -2.41. The first-order valence-corrected chi connectivity index (χ1v) is 9.67. The van der Waals surface area contributed by atoms with Gasteiger partial charge in [0.15, 0.2) is 0 Å². The Hall–Kier alpha value is -1.96. The SMILES string of the molecule is C=CC(=C)CCN1CCCC2CCC3C(=C21)C=CN3CCC(=C)C=C. The molecule has 2 heterocycles. The number of rotatable bonds is 8. The molecule has 2 nitrogen and oxygen atoms in total. The van der Waals surface area contributed by atoms with Crippen molar-refractivity contribution >= 4 is 0 Å². The quantitative estimate of drug-likeness (QED) is 0.562. The topological polar surface area (TPSA) is 6.48 Å². The summed E-state index contributed by atoms with van der Waals surface area (Å²) >= 11 is 0. The summed E-state index contributed by atoms with van der Waals surface area (Å²) < 4.78 is 0. The molecule has 2 heteroatoms. The molecule has 0 bridgehead atoms. The Labute approximate surface area is 153 Å². The molecule has 0 spiro atoms. The predicted molar refractivity (Wildman–Crippen MR) is 108 cm³/mol. The summed E-state index contributed by atoms with van der Waals surface area (Å²) in [6.45, 7) is 19.1. The van der Waals surface area contributed by atoms with Crippen molar-refractivity contribution in [3.63, 3.8) is 0 Å². The van der Waals surface area contributed by atoms with Crippen molar-refractivity contribution < 1.29 is 0 Å². The Morgan fingerprint density at radius 2 is 1.76 bits per heavy atom. The third kappa shape index (κ3) is 3.84. The van der Waals surface area contributed by atoms with Crippen molar-refractivity contribution in [1.82, 2.24) is 9.80 Å². The summed E-state index contributed by atoms with van der Waals surface area (Å²) in [6, 6.07) is 0.562. The van der Waals surface area contributed by atoms with Crippen LogP contribution in [0.1, 0.15) is 38.5 Å². The second-order valence-corrected chi connectivity index (χ2v) is 7.54. The Morgan fingerprint density at radius 3 is 2.48 bits per heavy atom. The fraction of sp³-hybridized carbons (Fsp3) is 0.478. The molecule has 0 aromatic heterocycles. The number of nitrogens with zero attached hydrogens (tertiary/aromatic N) is 2. The van der Waals surface area contributed by atoms with Crippen LogP contribution in [0.5, 0.6) is 0 Å². The molecule has 3 aliphatic rings. The van der Waals surface area contributed by atoms with E-state index in [1.807, 2.05) is 12.2 Å². The molecule has 0 aromatic rings. The fourth-order valence-electron chi connectivity index (χ4n) is 4.47. The number of hydrogen-bond acceptors (Lipinski definition) is 2. The molecule has 0 aromatic carbocycles. The van der Waals surface area contributed by atoms with Gasteiger partial charge in [-0.25, -0.2) is 0 Å². The van der Waals surface area contributed by atoms with Crippen molar-refractivity contribution in [3.05, 3.63) is 73.2 Å². The van der Waals surface area contributed by atoms with E-state index in [4.69, 9.17) is 0 Å². The molecule has 1 fully saturated rings. The molecule has 25 heavy (non-hydrogen) atoms. The smallest absolute Gasteiger partial charge is 0.0555 e. The van der Waals surface area contributed by atoms with Crippen LogP contribution in [0, 0.1) is 5.92 Å².